The predicted octanol–water partition coefficient (Wildman–Crippen LogP) is 5.65. The van der Waals surface area contributed by atoms with Crippen LogP contribution < -0.4 is 19.1 Å². The minimum Gasteiger partial charge on any atom is -0.507 e. The largest absolute Gasteiger partial charge is 0.507 e. The molecule has 0 bridgehead atoms. The number of carbonyl (C=O) groups excluding carboxylic acids is 2. The molecule has 1 fully saturated rings. The third-order valence-electron chi connectivity index (χ3n) is 6.37. The Balaban J connectivity index is 1.75. The number of methoxy groups -OCH3 is 2. The molecule has 8 nitrogen and oxygen atoms in total. The van der Waals surface area contributed by atoms with Crippen LogP contribution in [0.4, 0.5) is 5.13 Å². The Morgan fingerprint density at radius 3 is 2.42 bits per heavy atom. The molecule has 3 aromatic carbocycles. The summed E-state index contributed by atoms with van der Waals surface area (Å²) in [4.78, 5) is 33.1. The highest BCUT2D eigenvalue weighted by Gasteiger charge is 2.49. The second-order valence-corrected chi connectivity index (χ2v) is 9.71. The van der Waals surface area contributed by atoms with Crippen molar-refractivity contribution in [2.45, 2.75) is 19.9 Å². The monoisotopic (exact) mass is 530 g/mol. The van der Waals surface area contributed by atoms with Crippen molar-refractivity contribution in [3.63, 3.8) is 0 Å². The lowest BCUT2D eigenvalue weighted by Crippen LogP contribution is -2.29. The number of ketones is 1. The molecular weight excluding hydrogens is 504 g/mol. The molecule has 1 unspecified atom stereocenters. The average molecular weight is 531 g/mol. The number of ether oxygens (including phenoxy) is 3. The third kappa shape index (κ3) is 4.35. The van der Waals surface area contributed by atoms with Crippen LogP contribution in [0, 0.1) is 6.92 Å². The molecule has 0 saturated carbocycles. The Morgan fingerprint density at radius 2 is 1.74 bits per heavy atom. The van der Waals surface area contributed by atoms with Gasteiger partial charge in [-0.1, -0.05) is 41.2 Å². The van der Waals surface area contributed by atoms with Gasteiger partial charge in [-0.15, -0.1) is 0 Å². The van der Waals surface area contributed by atoms with Gasteiger partial charge in [0.15, 0.2) is 5.13 Å². The summed E-state index contributed by atoms with van der Waals surface area (Å²) in [6.45, 7) is 4.34. The number of rotatable bonds is 7. The lowest BCUT2D eigenvalue weighted by atomic mass is 9.94. The Labute approximate surface area is 223 Å². The Hall–Kier alpha value is -4.37. The fourth-order valence-electron chi connectivity index (χ4n) is 4.50. The molecule has 0 aliphatic carbocycles. The van der Waals surface area contributed by atoms with Gasteiger partial charge in [-0.05, 0) is 50.2 Å². The van der Waals surface area contributed by atoms with Crippen LogP contribution in [0.25, 0.3) is 16.0 Å². The topological polar surface area (TPSA) is 98.2 Å². The van der Waals surface area contributed by atoms with Crippen molar-refractivity contribution in [2.24, 2.45) is 0 Å². The van der Waals surface area contributed by atoms with Gasteiger partial charge in [-0.25, -0.2) is 4.98 Å². The quantitative estimate of drug-likeness (QED) is 0.187. The van der Waals surface area contributed by atoms with Crippen LogP contribution in [-0.2, 0) is 9.59 Å². The van der Waals surface area contributed by atoms with Gasteiger partial charge < -0.3 is 19.3 Å². The van der Waals surface area contributed by atoms with Crippen molar-refractivity contribution in [3.8, 4) is 17.2 Å². The summed E-state index contributed by atoms with van der Waals surface area (Å²) >= 11 is 1.26. The van der Waals surface area contributed by atoms with Crippen LogP contribution in [0.5, 0.6) is 17.2 Å². The van der Waals surface area contributed by atoms with Gasteiger partial charge in [0.25, 0.3) is 5.78 Å². The van der Waals surface area contributed by atoms with Crippen LogP contribution >= 0.6 is 11.3 Å². The first-order valence-corrected chi connectivity index (χ1v) is 12.8. The number of amides is 1. The summed E-state index contributed by atoms with van der Waals surface area (Å²) in [7, 11) is 3.03. The molecule has 0 radical (unpaired) electrons. The molecule has 2 heterocycles. The first kappa shape index (κ1) is 25.3. The molecule has 5 rings (SSSR count). The zero-order valence-corrected chi connectivity index (χ0v) is 22.2. The number of hydrogen-bond acceptors (Lipinski definition) is 8. The van der Waals surface area contributed by atoms with Crippen molar-refractivity contribution >= 4 is 44.1 Å². The third-order valence-corrected chi connectivity index (χ3v) is 7.38. The lowest BCUT2D eigenvalue weighted by molar-refractivity contribution is -0.132. The summed E-state index contributed by atoms with van der Waals surface area (Å²) in [5.41, 5.74) is 2.50. The molecule has 1 saturated heterocycles. The van der Waals surface area contributed by atoms with Gasteiger partial charge in [0.1, 0.15) is 29.0 Å². The normalized spacial score (nSPS) is 16.7. The van der Waals surface area contributed by atoms with Crippen LogP contribution in [0.1, 0.15) is 29.7 Å². The number of nitrogens with zero attached hydrogens (tertiary/aromatic N) is 2. The highest BCUT2D eigenvalue weighted by molar-refractivity contribution is 7.22. The minimum atomic E-state index is -1.01. The molecular formula is C29H26N2O6S. The van der Waals surface area contributed by atoms with E-state index in [1.54, 1.807) is 30.3 Å². The number of benzene rings is 3. The number of aliphatic hydroxyl groups excluding tert-OH is 1. The van der Waals surface area contributed by atoms with E-state index in [1.807, 2.05) is 44.2 Å². The SMILES string of the molecule is CCOc1ccc2nc(N3C(=O)C(=O)C(=C(O)c4ccc(C)cc4)C3c3cc(OC)ccc3OC)sc2c1. The number of aliphatic hydroxyl groups is 1. The first-order chi connectivity index (χ1) is 18.4. The minimum absolute atomic E-state index is 0.0559. The predicted molar refractivity (Wildman–Crippen MR) is 146 cm³/mol. The standard InChI is InChI=1S/C29H26N2O6S/c1-5-37-19-10-12-21-23(15-19)38-29(30-21)31-25(20-14-18(35-3)11-13-22(20)36-4)24(27(33)28(31)34)26(32)17-8-6-16(2)7-9-17/h6-15,25,32H,5H2,1-4H3. The van der Waals surface area contributed by atoms with Gasteiger partial charge in [0.05, 0.1) is 36.6 Å². The van der Waals surface area contributed by atoms with E-state index in [1.165, 1.54) is 30.5 Å². The number of carbonyl (C=O) groups is 2. The summed E-state index contributed by atoms with van der Waals surface area (Å²) in [5, 5.41) is 11.7. The smallest absolute Gasteiger partial charge is 0.301 e. The van der Waals surface area contributed by atoms with Crippen LogP contribution in [-0.4, -0.2) is 42.6 Å². The number of fused-ring (bicyclic) bond motifs is 1. The van der Waals surface area contributed by atoms with Crippen molar-refractivity contribution in [3.05, 3.63) is 82.9 Å². The zero-order chi connectivity index (χ0) is 27.0. The molecule has 9 heteroatoms. The van der Waals surface area contributed by atoms with E-state index in [0.29, 0.717) is 45.6 Å². The maximum absolute atomic E-state index is 13.6. The molecule has 194 valence electrons. The molecule has 1 aliphatic heterocycles. The number of aryl methyl sites for hydroxylation is 1. The van der Waals surface area contributed by atoms with Crippen LogP contribution in [0.2, 0.25) is 0 Å². The zero-order valence-electron chi connectivity index (χ0n) is 21.3. The van der Waals surface area contributed by atoms with Crippen molar-refractivity contribution in [1.82, 2.24) is 4.98 Å². The second kappa shape index (κ2) is 10.2. The van der Waals surface area contributed by atoms with E-state index in [4.69, 9.17) is 14.2 Å². The molecule has 1 aromatic heterocycles. The number of hydrogen-bond donors (Lipinski definition) is 1. The number of anilines is 1. The van der Waals surface area contributed by atoms with E-state index >= 15 is 0 Å². The molecule has 4 aromatic rings. The molecule has 0 spiro atoms. The van der Waals surface area contributed by atoms with E-state index < -0.39 is 17.7 Å². The summed E-state index contributed by atoms with van der Waals surface area (Å²) < 4.78 is 17.5. The Bertz CT molecular complexity index is 1570. The maximum atomic E-state index is 13.6. The molecule has 1 aliphatic rings. The molecule has 1 N–H and O–H groups in total. The Morgan fingerprint density at radius 1 is 1.00 bits per heavy atom. The highest BCUT2D eigenvalue weighted by atomic mass is 32.1. The Kier molecular flexibility index (Phi) is 6.77. The first-order valence-electron chi connectivity index (χ1n) is 12.0. The van der Waals surface area contributed by atoms with Crippen molar-refractivity contribution in [1.29, 1.82) is 0 Å². The van der Waals surface area contributed by atoms with E-state index in [9.17, 15) is 14.7 Å². The molecule has 1 amide bonds. The number of Topliss-reactive ketones (excluding diaryl/α,β-unsaturated/α-hetero) is 1. The second-order valence-electron chi connectivity index (χ2n) is 8.70. The molecule has 1 atom stereocenters. The van der Waals surface area contributed by atoms with E-state index in [2.05, 4.69) is 4.98 Å². The van der Waals surface area contributed by atoms with Crippen LogP contribution in [0.15, 0.2) is 66.2 Å². The lowest BCUT2D eigenvalue weighted by Gasteiger charge is -2.25. The fourth-order valence-corrected chi connectivity index (χ4v) is 5.52. The molecule has 38 heavy (non-hydrogen) atoms. The summed E-state index contributed by atoms with van der Waals surface area (Å²) in [6.07, 6.45) is 0. The van der Waals surface area contributed by atoms with Gasteiger partial charge in [0, 0.05) is 11.1 Å². The summed E-state index contributed by atoms with van der Waals surface area (Å²) in [6, 6.07) is 16.7. The van der Waals surface area contributed by atoms with Crippen molar-refractivity contribution < 1.29 is 28.9 Å². The van der Waals surface area contributed by atoms with Gasteiger partial charge in [-0.2, -0.15) is 0 Å². The number of thiazole rings is 1. The van der Waals surface area contributed by atoms with Gasteiger partial charge >= 0.3 is 5.91 Å². The fraction of sp³-hybridized carbons (Fsp3) is 0.207. The highest BCUT2D eigenvalue weighted by Crippen LogP contribution is 2.47. The average Bonchev–Trinajstić information content (AvgIpc) is 3.46. The van der Waals surface area contributed by atoms with Gasteiger partial charge in [-0.3, -0.25) is 14.5 Å². The van der Waals surface area contributed by atoms with E-state index in [-0.39, 0.29) is 11.3 Å². The maximum Gasteiger partial charge on any atom is 0.301 e. The van der Waals surface area contributed by atoms with Gasteiger partial charge in [0.2, 0.25) is 0 Å². The summed E-state index contributed by atoms with van der Waals surface area (Å²) in [5.74, 6) is -0.266. The van der Waals surface area contributed by atoms with E-state index in [0.717, 1.165) is 10.3 Å². The number of aromatic nitrogens is 1. The van der Waals surface area contributed by atoms with Crippen LogP contribution in [0.3, 0.4) is 0 Å². The van der Waals surface area contributed by atoms with Crippen molar-refractivity contribution in [2.75, 3.05) is 25.7 Å².